The van der Waals surface area contributed by atoms with E-state index in [0.29, 0.717) is 13.0 Å². The van der Waals surface area contributed by atoms with Gasteiger partial charge in [0, 0.05) is 6.42 Å². The highest BCUT2D eigenvalue weighted by atomic mass is 16.5. The van der Waals surface area contributed by atoms with Crippen molar-refractivity contribution in [3.8, 4) is 5.75 Å². The van der Waals surface area contributed by atoms with Gasteiger partial charge in [-0.2, -0.15) is 0 Å². The molecule has 0 bridgehead atoms. The number of aliphatic hydroxyl groups excluding tert-OH is 2. The second-order valence-electron chi connectivity index (χ2n) is 3.73. The molecule has 3 nitrogen and oxygen atoms in total. The van der Waals surface area contributed by atoms with Crippen LogP contribution < -0.4 is 4.74 Å². The molecule has 0 aromatic heterocycles. The number of benzene rings is 1. The fraction of sp³-hybridized carbons (Fsp3) is 0.500. The van der Waals surface area contributed by atoms with E-state index in [0.717, 1.165) is 11.3 Å². The van der Waals surface area contributed by atoms with Crippen molar-refractivity contribution in [3.05, 3.63) is 29.8 Å². The van der Waals surface area contributed by atoms with E-state index in [1.165, 1.54) is 0 Å². The van der Waals surface area contributed by atoms with Gasteiger partial charge in [-0.05, 0) is 31.5 Å². The molecule has 0 fully saturated rings. The summed E-state index contributed by atoms with van der Waals surface area (Å²) in [4.78, 5) is 0. The van der Waals surface area contributed by atoms with Crippen molar-refractivity contribution < 1.29 is 14.9 Å². The molecule has 0 spiro atoms. The maximum Gasteiger partial charge on any atom is 0.119 e. The Morgan fingerprint density at radius 1 is 1.13 bits per heavy atom. The van der Waals surface area contributed by atoms with Crippen LogP contribution in [0.25, 0.3) is 0 Å². The van der Waals surface area contributed by atoms with Crippen LogP contribution in [0.3, 0.4) is 0 Å². The van der Waals surface area contributed by atoms with Crippen molar-refractivity contribution in [1.82, 2.24) is 0 Å². The third-order valence-corrected chi connectivity index (χ3v) is 2.17. The summed E-state index contributed by atoms with van der Waals surface area (Å²) in [7, 11) is 0. The van der Waals surface area contributed by atoms with Gasteiger partial charge in [0.05, 0.1) is 18.8 Å². The molecule has 1 rings (SSSR count). The average molecular weight is 210 g/mol. The Balaban J connectivity index is 2.43. The molecule has 15 heavy (non-hydrogen) atoms. The Morgan fingerprint density at radius 3 is 2.20 bits per heavy atom. The summed E-state index contributed by atoms with van der Waals surface area (Å²) < 4.78 is 5.41. The summed E-state index contributed by atoms with van der Waals surface area (Å²) in [6.07, 6.45) is -0.156. The monoisotopic (exact) mass is 210 g/mol. The van der Waals surface area contributed by atoms with Gasteiger partial charge < -0.3 is 14.9 Å². The number of hydrogen-bond acceptors (Lipinski definition) is 3. The summed E-state index contributed by atoms with van der Waals surface area (Å²) in [6.45, 7) is 3.97. The lowest BCUT2D eigenvalue weighted by Crippen LogP contribution is -2.07. The third-order valence-electron chi connectivity index (χ3n) is 2.17. The third kappa shape index (κ3) is 4.32. The summed E-state index contributed by atoms with van der Waals surface area (Å²) in [6, 6.07) is 7.32. The number of aliphatic hydroxyl groups is 2. The van der Waals surface area contributed by atoms with E-state index in [9.17, 15) is 5.11 Å². The first kappa shape index (κ1) is 12.0. The molecule has 0 amide bonds. The number of ether oxygens (including phenoxy) is 1. The highest BCUT2D eigenvalue weighted by Gasteiger charge is 2.01. The minimum Gasteiger partial charge on any atom is -0.493 e. The molecule has 0 aliphatic heterocycles. The highest BCUT2D eigenvalue weighted by Crippen LogP contribution is 2.17. The molecular formula is C12H18O3. The largest absolute Gasteiger partial charge is 0.493 e. The van der Waals surface area contributed by atoms with Gasteiger partial charge >= 0.3 is 0 Å². The van der Waals surface area contributed by atoms with Crippen LogP contribution >= 0.6 is 0 Å². The smallest absolute Gasteiger partial charge is 0.119 e. The predicted octanol–water partition coefficient (Wildman–Crippen LogP) is 1.89. The van der Waals surface area contributed by atoms with Crippen molar-refractivity contribution in [2.45, 2.75) is 32.5 Å². The maximum absolute atomic E-state index is 9.29. The van der Waals surface area contributed by atoms with Gasteiger partial charge in [-0.1, -0.05) is 12.1 Å². The standard InChI is InChI=1S/C12H18O3/c1-9(13)7-8-15-12-5-3-11(4-6-12)10(2)14/h3-6,9-10,13-14H,7-8H2,1-2H3/t9?,10-/m0/s1. The molecule has 0 aliphatic carbocycles. The van der Waals surface area contributed by atoms with Gasteiger partial charge in [0.25, 0.3) is 0 Å². The molecule has 0 radical (unpaired) electrons. The van der Waals surface area contributed by atoms with E-state index in [4.69, 9.17) is 9.84 Å². The molecule has 0 aliphatic rings. The van der Waals surface area contributed by atoms with Crippen LogP contribution in [0.5, 0.6) is 5.75 Å². The Kier molecular flexibility index (Phi) is 4.59. The number of hydrogen-bond donors (Lipinski definition) is 2. The second-order valence-corrected chi connectivity index (χ2v) is 3.73. The van der Waals surface area contributed by atoms with E-state index in [1.54, 1.807) is 13.8 Å². The molecule has 0 saturated carbocycles. The van der Waals surface area contributed by atoms with Crippen LogP contribution in [0.15, 0.2) is 24.3 Å². The molecule has 2 atom stereocenters. The fourth-order valence-electron chi connectivity index (χ4n) is 1.19. The molecule has 1 aromatic rings. The van der Waals surface area contributed by atoms with E-state index in [1.807, 2.05) is 24.3 Å². The van der Waals surface area contributed by atoms with Gasteiger partial charge in [0.15, 0.2) is 0 Å². The van der Waals surface area contributed by atoms with E-state index in [-0.39, 0.29) is 6.10 Å². The lowest BCUT2D eigenvalue weighted by Gasteiger charge is -2.09. The quantitative estimate of drug-likeness (QED) is 0.780. The Bertz CT molecular complexity index is 277. The zero-order chi connectivity index (χ0) is 11.3. The minimum absolute atomic E-state index is 0.332. The molecule has 0 heterocycles. The summed E-state index contributed by atoms with van der Waals surface area (Å²) in [5, 5.41) is 18.3. The van der Waals surface area contributed by atoms with Crippen molar-refractivity contribution in [3.63, 3.8) is 0 Å². The summed E-state index contributed by atoms with van der Waals surface area (Å²) >= 11 is 0. The summed E-state index contributed by atoms with van der Waals surface area (Å²) in [5.41, 5.74) is 0.873. The van der Waals surface area contributed by atoms with Crippen molar-refractivity contribution in [2.24, 2.45) is 0 Å². The van der Waals surface area contributed by atoms with E-state index < -0.39 is 6.10 Å². The first-order chi connectivity index (χ1) is 7.09. The molecule has 1 unspecified atom stereocenters. The maximum atomic E-state index is 9.29. The van der Waals surface area contributed by atoms with Crippen LogP contribution in [0, 0.1) is 0 Å². The minimum atomic E-state index is -0.448. The first-order valence-electron chi connectivity index (χ1n) is 5.18. The Morgan fingerprint density at radius 2 is 1.73 bits per heavy atom. The second kappa shape index (κ2) is 5.73. The van der Waals surface area contributed by atoms with Gasteiger partial charge in [-0.25, -0.2) is 0 Å². The Hall–Kier alpha value is -1.06. The van der Waals surface area contributed by atoms with Gasteiger partial charge in [-0.15, -0.1) is 0 Å². The van der Waals surface area contributed by atoms with E-state index in [2.05, 4.69) is 0 Å². The van der Waals surface area contributed by atoms with Crippen LogP contribution in [-0.4, -0.2) is 22.9 Å². The van der Waals surface area contributed by atoms with Crippen LogP contribution in [0.4, 0.5) is 0 Å². The molecule has 1 aromatic carbocycles. The average Bonchev–Trinajstić information content (AvgIpc) is 2.18. The zero-order valence-electron chi connectivity index (χ0n) is 9.18. The predicted molar refractivity (Wildman–Crippen MR) is 58.9 cm³/mol. The topological polar surface area (TPSA) is 49.7 Å². The SMILES string of the molecule is CC(O)CCOc1ccc([C@H](C)O)cc1. The van der Waals surface area contributed by atoms with E-state index >= 15 is 0 Å². The molecule has 3 heteroatoms. The highest BCUT2D eigenvalue weighted by molar-refractivity contribution is 5.28. The molecule has 2 N–H and O–H groups in total. The van der Waals surface area contributed by atoms with Crippen LogP contribution in [-0.2, 0) is 0 Å². The Labute approximate surface area is 90.3 Å². The van der Waals surface area contributed by atoms with Crippen LogP contribution in [0.2, 0.25) is 0 Å². The fourth-order valence-corrected chi connectivity index (χ4v) is 1.19. The van der Waals surface area contributed by atoms with Crippen LogP contribution in [0.1, 0.15) is 31.9 Å². The molecule has 0 saturated heterocycles. The van der Waals surface area contributed by atoms with Gasteiger partial charge in [0.2, 0.25) is 0 Å². The molecule has 84 valence electrons. The lowest BCUT2D eigenvalue weighted by atomic mass is 10.1. The van der Waals surface area contributed by atoms with Gasteiger partial charge in [0.1, 0.15) is 5.75 Å². The zero-order valence-corrected chi connectivity index (χ0v) is 9.18. The number of rotatable bonds is 5. The van der Waals surface area contributed by atoms with Gasteiger partial charge in [-0.3, -0.25) is 0 Å². The van der Waals surface area contributed by atoms with Crippen molar-refractivity contribution >= 4 is 0 Å². The van der Waals surface area contributed by atoms with Crippen molar-refractivity contribution in [1.29, 1.82) is 0 Å². The summed E-state index contributed by atoms with van der Waals surface area (Å²) in [5.74, 6) is 0.764. The normalized spacial score (nSPS) is 14.7. The molecular weight excluding hydrogens is 192 g/mol. The van der Waals surface area contributed by atoms with Crippen molar-refractivity contribution in [2.75, 3.05) is 6.61 Å². The lowest BCUT2D eigenvalue weighted by molar-refractivity contribution is 0.155. The first-order valence-corrected chi connectivity index (χ1v) is 5.18.